The molecule has 0 saturated heterocycles. The van der Waals surface area contributed by atoms with Crippen LogP contribution in [0.2, 0.25) is 0 Å². The summed E-state index contributed by atoms with van der Waals surface area (Å²) in [6, 6.07) is 12.8. The molecule has 0 amide bonds. The number of halogens is 4. The van der Waals surface area contributed by atoms with Crippen LogP contribution in [0.4, 0.5) is 0 Å². The molecule has 0 spiro atoms. The highest BCUT2D eigenvalue weighted by Gasteiger charge is 2.39. The molecular formula is C15H12Cl4O2. The SMILES string of the molecule is Oc1ccc(C(Cl)(CC(Cl)(Cl)Cl)c2ccc(O)cc2)cc1. The molecule has 0 radical (unpaired) electrons. The van der Waals surface area contributed by atoms with E-state index in [1.807, 2.05) is 0 Å². The summed E-state index contributed by atoms with van der Waals surface area (Å²) in [5.74, 6) is 0.245. The lowest BCUT2D eigenvalue weighted by molar-refractivity contribution is 0.474. The van der Waals surface area contributed by atoms with E-state index >= 15 is 0 Å². The van der Waals surface area contributed by atoms with Gasteiger partial charge in [-0.2, -0.15) is 0 Å². The summed E-state index contributed by atoms with van der Waals surface area (Å²) in [4.78, 5) is -1.09. The number of alkyl halides is 4. The molecule has 2 N–H and O–H groups in total. The molecule has 21 heavy (non-hydrogen) atoms. The molecule has 0 heterocycles. The van der Waals surface area contributed by atoms with Crippen molar-refractivity contribution in [2.24, 2.45) is 0 Å². The van der Waals surface area contributed by atoms with Crippen LogP contribution in [-0.4, -0.2) is 14.0 Å². The summed E-state index contributed by atoms with van der Waals surface area (Å²) in [6.45, 7) is 0. The number of phenolic OH excluding ortho intramolecular Hbond substituents is 2. The zero-order valence-electron chi connectivity index (χ0n) is 10.7. The predicted octanol–water partition coefficient (Wildman–Crippen LogP) is 5.34. The molecule has 2 nitrogen and oxygen atoms in total. The van der Waals surface area contributed by atoms with Gasteiger partial charge < -0.3 is 10.2 Å². The van der Waals surface area contributed by atoms with Gasteiger partial charge in [0.15, 0.2) is 3.79 Å². The number of benzene rings is 2. The standard InChI is InChI=1S/C15H12Cl4O2/c16-14(9-15(17,18)19,10-1-5-12(20)6-2-10)11-3-7-13(21)8-4-11/h1-8,20-21H,9H2. The van der Waals surface area contributed by atoms with Crippen LogP contribution in [-0.2, 0) is 4.87 Å². The average molecular weight is 366 g/mol. The summed E-state index contributed by atoms with van der Waals surface area (Å²) in [6.07, 6.45) is 0.0295. The molecule has 0 saturated carbocycles. The molecule has 0 unspecified atom stereocenters. The van der Waals surface area contributed by atoms with Crippen LogP contribution in [0.15, 0.2) is 48.5 Å². The van der Waals surface area contributed by atoms with Crippen LogP contribution in [0.5, 0.6) is 11.5 Å². The van der Waals surface area contributed by atoms with Crippen molar-refractivity contribution in [3.05, 3.63) is 59.7 Å². The van der Waals surface area contributed by atoms with E-state index in [-0.39, 0.29) is 17.9 Å². The second-order valence-corrected chi connectivity index (χ2v) is 7.85. The summed E-state index contributed by atoms with van der Waals surface area (Å²) in [5, 5.41) is 18.8. The van der Waals surface area contributed by atoms with Gasteiger partial charge in [0.05, 0.1) is 4.87 Å². The molecule has 2 aromatic rings. The monoisotopic (exact) mass is 364 g/mol. The Bertz CT molecular complexity index is 558. The summed E-state index contributed by atoms with van der Waals surface area (Å²) in [7, 11) is 0. The first-order chi connectivity index (χ1) is 9.71. The minimum absolute atomic E-state index is 0.0295. The van der Waals surface area contributed by atoms with E-state index < -0.39 is 8.67 Å². The lowest BCUT2D eigenvalue weighted by atomic mass is 9.88. The van der Waals surface area contributed by atoms with Crippen LogP contribution in [0.3, 0.4) is 0 Å². The third-order valence-electron chi connectivity index (χ3n) is 3.09. The molecule has 2 aromatic carbocycles. The second-order valence-electron chi connectivity index (χ2n) is 4.69. The van der Waals surface area contributed by atoms with Crippen molar-refractivity contribution in [3.63, 3.8) is 0 Å². The van der Waals surface area contributed by atoms with E-state index in [4.69, 9.17) is 46.4 Å². The molecule has 0 aromatic heterocycles. The highest BCUT2D eigenvalue weighted by atomic mass is 35.6. The zero-order valence-corrected chi connectivity index (χ0v) is 13.8. The quantitative estimate of drug-likeness (QED) is 0.720. The molecule has 112 valence electrons. The van der Waals surface area contributed by atoms with E-state index in [1.54, 1.807) is 24.3 Å². The lowest BCUT2D eigenvalue weighted by Crippen LogP contribution is -2.26. The number of hydrogen-bond donors (Lipinski definition) is 2. The molecular weight excluding hydrogens is 354 g/mol. The van der Waals surface area contributed by atoms with Crippen LogP contribution < -0.4 is 0 Å². The molecule has 0 aliphatic rings. The van der Waals surface area contributed by atoms with Crippen molar-refractivity contribution < 1.29 is 10.2 Å². The normalized spacial score (nSPS) is 12.4. The Labute approximate surface area is 142 Å². The Morgan fingerprint density at radius 2 is 1.00 bits per heavy atom. The van der Waals surface area contributed by atoms with Gasteiger partial charge in [-0.3, -0.25) is 0 Å². The maximum absolute atomic E-state index is 9.41. The Kier molecular flexibility index (Phi) is 4.84. The van der Waals surface area contributed by atoms with E-state index in [0.717, 1.165) is 0 Å². The molecule has 2 rings (SSSR count). The Morgan fingerprint density at radius 1 is 0.667 bits per heavy atom. The van der Waals surface area contributed by atoms with E-state index in [0.29, 0.717) is 11.1 Å². The molecule has 6 heteroatoms. The summed E-state index contributed by atoms with van der Waals surface area (Å²) in [5.41, 5.74) is 1.36. The molecule has 0 aliphatic carbocycles. The number of rotatable bonds is 3. The summed E-state index contributed by atoms with van der Waals surface area (Å²) < 4.78 is -1.56. The van der Waals surface area contributed by atoms with Crippen LogP contribution in [0, 0.1) is 0 Å². The largest absolute Gasteiger partial charge is 0.508 e. The highest BCUT2D eigenvalue weighted by molar-refractivity contribution is 6.67. The predicted molar refractivity (Wildman–Crippen MR) is 87.8 cm³/mol. The van der Waals surface area contributed by atoms with E-state index in [2.05, 4.69) is 0 Å². The Hall–Kier alpha value is -0.800. The smallest absolute Gasteiger partial charge is 0.192 e. The van der Waals surface area contributed by atoms with Crippen molar-refractivity contribution >= 4 is 46.4 Å². The van der Waals surface area contributed by atoms with Gasteiger partial charge in [0.2, 0.25) is 0 Å². The third kappa shape index (κ3) is 4.10. The van der Waals surface area contributed by atoms with Crippen LogP contribution >= 0.6 is 46.4 Å². The topological polar surface area (TPSA) is 40.5 Å². The maximum atomic E-state index is 9.41. The van der Waals surface area contributed by atoms with Crippen LogP contribution in [0.25, 0.3) is 0 Å². The first kappa shape index (κ1) is 16.6. The molecule has 0 atom stereocenters. The van der Waals surface area contributed by atoms with Crippen molar-refractivity contribution in [1.29, 1.82) is 0 Å². The Morgan fingerprint density at radius 3 is 1.29 bits per heavy atom. The van der Waals surface area contributed by atoms with Gasteiger partial charge in [-0.15, -0.1) is 11.6 Å². The minimum atomic E-state index is -1.56. The number of aromatic hydroxyl groups is 2. The number of hydrogen-bond acceptors (Lipinski definition) is 2. The first-order valence-corrected chi connectivity index (χ1v) is 7.56. The highest BCUT2D eigenvalue weighted by Crippen LogP contribution is 2.48. The zero-order chi connectivity index (χ0) is 15.7. The fourth-order valence-electron chi connectivity index (χ4n) is 2.10. The average Bonchev–Trinajstić information content (AvgIpc) is 2.38. The van der Waals surface area contributed by atoms with Crippen LogP contribution in [0.1, 0.15) is 17.5 Å². The van der Waals surface area contributed by atoms with Crippen molar-refractivity contribution in [2.75, 3.05) is 0 Å². The van der Waals surface area contributed by atoms with Gasteiger partial charge in [0.1, 0.15) is 11.5 Å². The lowest BCUT2D eigenvalue weighted by Gasteiger charge is -2.31. The first-order valence-electron chi connectivity index (χ1n) is 6.05. The maximum Gasteiger partial charge on any atom is 0.192 e. The second kappa shape index (κ2) is 6.13. The van der Waals surface area contributed by atoms with Gasteiger partial charge in [-0.25, -0.2) is 0 Å². The van der Waals surface area contributed by atoms with Crippen molar-refractivity contribution in [3.8, 4) is 11.5 Å². The third-order valence-corrected chi connectivity index (χ3v) is 4.06. The summed E-state index contributed by atoms with van der Waals surface area (Å²) >= 11 is 24.5. The van der Waals surface area contributed by atoms with E-state index in [9.17, 15) is 10.2 Å². The molecule has 0 fully saturated rings. The number of phenols is 2. The fourth-order valence-corrected chi connectivity index (χ4v) is 3.36. The van der Waals surface area contributed by atoms with Gasteiger partial charge in [-0.1, -0.05) is 59.1 Å². The van der Waals surface area contributed by atoms with E-state index in [1.165, 1.54) is 24.3 Å². The van der Waals surface area contributed by atoms with Gasteiger partial charge in [0.25, 0.3) is 0 Å². The Balaban J connectivity index is 2.53. The van der Waals surface area contributed by atoms with Gasteiger partial charge in [-0.05, 0) is 35.4 Å². The van der Waals surface area contributed by atoms with Crippen molar-refractivity contribution in [1.82, 2.24) is 0 Å². The fraction of sp³-hybridized carbons (Fsp3) is 0.200. The van der Waals surface area contributed by atoms with Gasteiger partial charge >= 0.3 is 0 Å². The van der Waals surface area contributed by atoms with Gasteiger partial charge in [0, 0.05) is 6.42 Å². The van der Waals surface area contributed by atoms with Crippen molar-refractivity contribution in [2.45, 2.75) is 15.1 Å². The molecule has 0 aliphatic heterocycles. The molecule has 0 bridgehead atoms. The minimum Gasteiger partial charge on any atom is -0.508 e.